The second-order valence-corrected chi connectivity index (χ2v) is 18.9. The van der Waals surface area contributed by atoms with Crippen molar-refractivity contribution >= 4 is 34.7 Å². The van der Waals surface area contributed by atoms with Gasteiger partial charge in [-0.3, -0.25) is 14.6 Å². The predicted octanol–water partition coefficient (Wildman–Crippen LogP) is -0.171. The van der Waals surface area contributed by atoms with Crippen LogP contribution in [0.5, 0.6) is 0 Å². The van der Waals surface area contributed by atoms with E-state index in [1.54, 1.807) is 42.3 Å². The second kappa shape index (κ2) is 22.5. The number of hydrogen-bond donors (Lipinski definition) is 11. The number of amides is 2. The molecule has 388 valence electrons. The van der Waals surface area contributed by atoms with Crippen LogP contribution in [0, 0.1) is 17.6 Å². The number of hydrogen-bond acceptors (Lipinski definition) is 18. The summed E-state index contributed by atoms with van der Waals surface area (Å²) in [6.45, 7) is -0.520. The van der Waals surface area contributed by atoms with Gasteiger partial charge in [0.25, 0.3) is 0 Å². The van der Waals surface area contributed by atoms with Gasteiger partial charge in [0, 0.05) is 42.4 Å². The Morgan fingerprint density at radius 1 is 0.761 bits per heavy atom. The minimum atomic E-state index is -1.99. The van der Waals surface area contributed by atoms with Crippen molar-refractivity contribution in [3.8, 4) is 11.1 Å². The molecular formula is C48H58ClF2N3O17. The molecule has 2 aromatic carbocycles. The average molecular weight is 1020 g/mol. The van der Waals surface area contributed by atoms with Crippen molar-refractivity contribution in [2.45, 2.75) is 137 Å². The Bertz CT molecular complexity index is 2420. The molecule has 0 saturated carbocycles. The smallest absolute Gasteiger partial charge is 0.247 e. The number of aliphatic hydroxyl groups excluding tert-OH is 10. The summed E-state index contributed by atoms with van der Waals surface area (Å²) in [6.07, 6.45) is -20.8. The number of anilines is 1. The van der Waals surface area contributed by atoms with Crippen molar-refractivity contribution < 1.29 is 93.1 Å². The number of benzene rings is 2. The summed E-state index contributed by atoms with van der Waals surface area (Å²) in [5.74, 6) is -3.02. The molecule has 1 aromatic heterocycles. The number of aliphatic hydroxyl groups is 10. The van der Waals surface area contributed by atoms with E-state index in [0.29, 0.717) is 47.3 Å². The summed E-state index contributed by atoms with van der Waals surface area (Å²) in [7, 11) is 0. The van der Waals surface area contributed by atoms with Crippen LogP contribution in [0.1, 0.15) is 55.5 Å². The third kappa shape index (κ3) is 10.9. The quantitative estimate of drug-likeness (QED) is 0.111. The molecule has 8 rings (SSSR count). The lowest BCUT2D eigenvalue weighted by Gasteiger charge is -2.48. The molecule has 20 nitrogen and oxygen atoms in total. The number of nitrogens with zero attached hydrogens (tertiary/aromatic N) is 2. The monoisotopic (exact) mass is 1020 g/mol. The van der Waals surface area contributed by atoms with Crippen LogP contribution in [0.3, 0.4) is 0 Å². The van der Waals surface area contributed by atoms with Gasteiger partial charge in [0.1, 0.15) is 79.1 Å². The van der Waals surface area contributed by atoms with Crippen molar-refractivity contribution in [3.05, 3.63) is 88.2 Å². The number of aromatic nitrogens is 1. The Hall–Kier alpha value is -4.18. The lowest BCUT2D eigenvalue weighted by atomic mass is 9.90. The second-order valence-electron chi connectivity index (χ2n) is 18.5. The number of pyridine rings is 1. The number of carbonyl (C=O) groups is 2. The molecule has 2 bridgehead atoms. The maximum absolute atomic E-state index is 15.0. The van der Waals surface area contributed by atoms with E-state index in [9.17, 15) is 69.4 Å². The number of ether oxygens (including phenoxy) is 5. The van der Waals surface area contributed by atoms with Crippen LogP contribution >= 0.6 is 11.6 Å². The van der Waals surface area contributed by atoms with Gasteiger partial charge in [-0.1, -0.05) is 37.1 Å². The first kappa shape index (κ1) is 53.1. The van der Waals surface area contributed by atoms with E-state index in [4.69, 9.17) is 35.3 Å². The summed E-state index contributed by atoms with van der Waals surface area (Å²) < 4.78 is 58.3. The highest BCUT2D eigenvalue weighted by Crippen LogP contribution is 2.39. The van der Waals surface area contributed by atoms with Crippen LogP contribution in [-0.2, 0) is 39.7 Å². The summed E-state index contributed by atoms with van der Waals surface area (Å²) in [5, 5.41) is 109. The van der Waals surface area contributed by atoms with E-state index < -0.39 is 141 Å². The zero-order valence-corrected chi connectivity index (χ0v) is 39.0. The molecule has 3 aromatic rings. The lowest BCUT2D eigenvalue weighted by molar-refractivity contribution is -0.372. The fraction of sp³-hybridized carbons (Fsp3) is 0.562. The molecule has 0 radical (unpaired) electrons. The summed E-state index contributed by atoms with van der Waals surface area (Å²) >= 11 is 5.95. The van der Waals surface area contributed by atoms with E-state index in [0.717, 1.165) is 12.1 Å². The number of halogens is 3. The van der Waals surface area contributed by atoms with Gasteiger partial charge in [-0.25, -0.2) is 8.78 Å². The molecule has 11 N–H and O–H groups in total. The molecule has 23 heteroatoms. The van der Waals surface area contributed by atoms with Gasteiger partial charge in [-0.05, 0) is 66.3 Å². The summed E-state index contributed by atoms with van der Waals surface area (Å²) in [6, 6.07) is 10.3. The van der Waals surface area contributed by atoms with Crippen LogP contribution in [0.25, 0.3) is 16.7 Å². The van der Waals surface area contributed by atoms with E-state index >= 15 is 0 Å². The zero-order chi connectivity index (χ0) is 51.0. The maximum Gasteiger partial charge on any atom is 0.247 e. The Morgan fingerprint density at radius 3 is 2.07 bits per heavy atom. The largest absolute Gasteiger partial charge is 0.394 e. The van der Waals surface area contributed by atoms with Crippen LogP contribution in [-0.4, -0.2) is 191 Å². The fourth-order valence-corrected chi connectivity index (χ4v) is 10.0. The number of rotatable bonds is 11. The first-order valence-electron chi connectivity index (χ1n) is 23.4. The maximum atomic E-state index is 15.0. The van der Waals surface area contributed by atoms with Crippen LogP contribution in [0.15, 0.2) is 54.7 Å². The van der Waals surface area contributed by atoms with Gasteiger partial charge >= 0.3 is 0 Å². The molecule has 3 saturated heterocycles. The zero-order valence-electron chi connectivity index (χ0n) is 38.2. The average Bonchev–Trinajstić information content (AvgIpc) is 3.36. The van der Waals surface area contributed by atoms with Gasteiger partial charge in [-0.2, -0.15) is 0 Å². The Balaban J connectivity index is 0.977. The number of carbonyl (C=O) groups excluding carboxylic acids is 2. The molecule has 0 aliphatic carbocycles. The van der Waals surface area contributed by atoms with Gasteiger partial charge in [-0.15, -0.1) is 0 Å². The molecule has 71 heavy (non-hydrogen) atoms. The number of fused-ring (bicyclic) bond motifs is 4. The number of nitrogens with one attached hydrogen (secondary N) is 1. The molecule has 0 spiro atoms. The summed E-state index contributed by atoms with van der Waals surface area (Å²) in [4.78, 5) is 33.7. The third-order valence-corrected chi connectivity index (χ3v) is 14.2. The first-order valence-corrected chi connectivity index (χ1v) is 23.7. The molecule has 2 amide bonds. The van der Waals surface area contributed by atoms with Crippen molar-refractivity contribution in [1.29, 1.82) is 0 Å². The third-order valence-electron chi connectivity index (χ3n) is 13.9. The molecule has 5 aliphatic heterocycles. The Morgan fingerprint density at radius 2 is 1.39 bits per heavy atom. The van der Waals surface area contributed by atoms with E-state index in [1.165, 1.54) is 6.08 Å². The lowest BCUT2D eigenvalue weighted by Crippen LogP contribution is -2.66. The van der Waals surface area contributed by atoms with Crippen LogP contribution < -0.4 is 5.32 Å². The van der Waals surface area contributed by atoms with Crippen molar-refractivity contribution in [1.82, 2.24) is 9.88 Å². The summed E-state index contributed by atoms with van der Waals surface area (Å²) in [5.41, 5.74) is 2.52. The first-order chi connectivity index (χ1) is 33.9. The van der Waals surface area contributed by atoms with Gasteiger partial charge in [0.15, 0.2) is 18.4 Å². The molecule has 3 fully saturated rings. The van der Waals surface area contributed by atoms with E-state index in [2.05, 4.69) is 10.3 Å². The predicted molar refractivity (Wildman–Crippen MR) is 242 cm³/mol. The minimum Gasteiger partial charge on any atom is -0.394 e. The molecule has 17 atom stereocenters. The minimum absolute atomic E-state index is 0.0653. The van der Waals surface area contributed by atoms with Gasteiger partial charge in [0.2, 0.25) is 11.8 Å². The topological polar surface area (TPSA) is 311 Å². The van der Waals surface area contributed by atoms with Gasteiger partial charge in [0.05, 0.1) is 48.2 Å². The SMILES string of the molecule is C[C@@H]1CCC[C@H](N2CCC(c3c(F)ccc(Cl)c3F)=CC2=O)c2cc(ccn2)-c2ccc(CC3O[C@H](CO)[C@@H](O[C@H]4O[C@H](CO)[C@@H](O[C@H]5O[C@H](CO)[C@@H](O)[C@H](O)[C@H]5O)[C@H](O)[C@H]4O)[C@H](O)[C@H]3O)cc2NC1=O. The molecule has 5 aliphatic rings. The molecule has 6 heterocycles. The van der Waals surface area contributed by atoms with Crippen LogP contribution in [0.2, 0.25) is 5.02 Å². The highest BCUT2D eigenvalue weighted by Gasteiger charge is 2.53. The van der Waals surface area contributed by atoms with Crippen LogP contribution in [0.4, 0.5) is 14.5 Å². The van der Waals surface area contributed by atoms with Crippen molar-refractivity contribution in [2.75, 3.05) is 31.7 Å². The van der Waals surface area contributed by atoms with E-state index in [1.807, 2.05) is 6.07 Å². The van der Waals surface area contributed by atoms with Gasteiger partial charge < -0.3 is 85.0 Å². The van der Waals surface area contributed by atoms with Crippen molar-refractivity contribution in [2.24, 2.45) is 5.92 Å². The van der Waals surface area contributed by atoms with E-state index in [-0.39, 0.29) is 41.5 Å². The van der Waals surface area contributed by atoms with Crippen molar-refractivity contribution in [3.63, 3.8) is 0 Å². The normalized spacial score (nSPS) is 36.0. The highest BCUT2D eigenvalue weighted by molar-refractivity contribution is 6.31. The highest BCUT2D eigenvalue weighted by atomic mass is 35.5. The Labute approximate surface area is 410 Å². The standard InChI is InChI=1S/C48H58ClF2N3O17/c1-20-3-2-4-29(54-12-10-23(16-34(54)58)35-26(50)8-7-25(49)36(35)51)28-15-22(9-11-52-28)24-6-5-21(13-27(24)53-46(20)66)14-30-37(59)40(62)44(32(18-56)67-30)70-48-43(65)41(63)45(33(19-57)69-48)71-47-42(64)39(61)38(60)31(17-55)68-47/h5-9,11,13,15-16,20,29-33,37-45,47-48,55-57,59-65H,2-4,10,12,14,17-19H2,1H3,(H,53,66)/t20-,29+,30?,31-,32-,33-,37+,38-,39+,40-,41-,42-,43-,44-,45-,47-,48-/m1/s1. The molecular weight excluding hydrogens is 964 g/mol. The molecule has 1 unspecified atom stereocenters. The fourth-order valence-electron chi connectivity index (χ4n) is 9.88. The Kier molecular flexibility index (Phi) is 16.8.